The molecule has 0 unspecified atom stereocenters. The molecule has 0 atom stereocenters. The minimum atomic E-state index is -4.50. The molecule has 0 aromatic heterocycles. The summed E-state index contributed by atoms with van der Waals surface area (Å²) in [5.74, 6) is -0.853. The van der Waals surface area contributed by atoms with Gasteiger partial charge in [0, 0.05) is 13.1 Å². The van der Waals surface area contributed by atoms with Crippen LogP contribution in [0.5, 0.6) is 0 Å². The van der Waals surface area contributed by atoms with Gasteiger partial charge in [0.15, 0.2) is 0 Å². The quantitative estimate of drug-likeness (QED) is 0.790. The van der Waals surface area contributed by atoms with Gasteiger partial charge in [-0.3, -0.25) is 4.90 Å². The number of benzene rings is 1. The van der Waals surface area contributed by atoms with Crippen LogP contribution in [-0.2, 0) is 17.3 Å². The van der Waals surface area contributed by atoms with Gasteiger partial charge in [0.1, 0.15) is 5.82 Å². The Hall–Kier alpha value is -1.14. The zero-order valence-electron chi connectivity index (χ0n) is 11.0. The predicted molar refractivity (Wildman–Crippen MR) is 67.0 cm³/mol. The fourth-order valence-corrected chi connectivity index (χ4v) is 2.35. The van der Waals surface area contributed by atoms with Crippen molar-refractivity contribution in [3.8, 4) is 0 Å². The van der Waals surface area contributed by atoms with E-state index >= 15 is 0 Å². The van der Waals surface area contributed by atoms with E-state index in [2.05, 4.69) is 4.90 Å². The molecule has 1 heterocycles. The third-order valence-corrected chi connectivity index (χ3v) is 3.40. The molecule has 0 aliphatic carbocycles. The van der Waals surface area contributed by atoms with Gasteiger partial charge < -0.3 is 4.74 Å². The number of alkyl halides is 3. The lowest BCUT2D eigenvalue weighted by molar-refractivity contribution is -0.138. The molecule has 1 saturated heterocycles. The SMILES string of the molecule is Fc1ccc(CCCN2CCOCC2)c(C(F)(F)F)c1. The van der Waals surface area contributed by atoms with E-state index < -0.39 is 17.6 Å². The number of nitrogens with zero attached hydrogens (tertiary/aromatic N) is 1. The first kappa shape index (κ1) is 15.3. The van der Waals surface area contributed by atoms with Crippen molar-refractivity contribution >= 4 is 0 Å². The highest BCUT2D eigenvalue weighted by atomic mass is 19.4. The Morgan fingerprint density at radius 1 is 1.15 bits per heavy atom. The van der Waals surface area contributed by atoms with Crippen LogP contribution in [0.15, 0.2) is 18.2 Å². The Labute approximate surface area is 115 Å². The molecule has 0 bridgehead atoms. The van der Waals surface area contributed by atoms with Crippen LogP contribution in [0.3, 0.4) is 0 Å². The second kappa shape index (κ2) is 6.54. The van der Waals surface area contributed by atoms with Crippen molar-refractivity contribution in [1.29, 1.82) is 0 Å². The molecule has 1 aromatic carbocycles. The zero-order valence-corrected chi connectivity index (χ0v) is 11.0. The molecule has 2 nitrogen and oxygen atoms in total. The lowest BCUT2D eigenvalue weighted by atomic mass is 10.0. The monoisotopic (exact) mass is 291 g/mol. The minimum Gasteiger partial charge on any atom is -0.379 e. The highest BCUT2D eigenvalue weighted by Gasteiger charge is 2.33. The van der Waals surface area contributed by atoms with Gasteiger partial charge in [0.25, 0.3) is 0 Å². The fraction of sp³-hybridized carbons (Fsp3) is 0.571. The lowest BCUT2D eigenvalue weighted by Crippen LogP contribution is -2.37. The Balaban J connectivity index is 1.95. The molecular weight excluding hydrogens is 274 g/mol. The summed E-state index contributed by atoms with van der Waals surface area (Å²) in [6.45, 7) is 3.71. The molecule has 0 saturated carbocycles. The number of hydrogen-bond acceptors (Lipinski definition) is 2. The average molecular weight is 291 g/mol. The van der Waals surface area contributed by atoms with Crippen LogP contribution in [0.4, 0.5) is 17.6 Å². The summed E-state index contributed by atoms with van der Waals surface area (Å²) in [6.07, 6.45) is -3.59. The molecule has 0 spiro atoms. The Kier molecular flexibility index (Phi) is 4.99. The van der Waals surface area contributed by atoms with E-state index in [1.165, 1.54) is 6.07 Å². The summed E-state index contributed by atoms with van der Waals surface area (Å²) >= 11 is 0. The smallest absolute Gasteiger partial charge is 0.379 e. The fourth-order valence-electron chi connectivity index (χ4n) is 2.35. The Morgan fingerprint density at radius 2 is 1.85 bits per heavy atom. The molecule has 1 aromatic rings. The second-order valence-electron chi connectivity index (χ2n) is 4.86. The highest BCUT2D eigenvalue weighted by Crippen LogP contribution is 2.33. The number of aryl methyl sites for hydroxylation is 1. The van der Waals surface area contributed by atoms with Crippen LogP contribution in [0.2, 0.25) is 0 Å². The van der Waals surface area contributed by atoms with Crippen LogP contribution in [0.25, 0.3) is 0 Å². The third kappa shape index (κ3) is 4.18. The lowest BCUT2D eigenvalue weighted by Gasteiger charge is -2.26. The topological polar surface area (TPSA) is 12.5 Å². The summed E-state index contributed by atoms with van der Waals surface area (Å²) in [6, 6.07) is 2.89. The summed E-state index contributed by atoms with van der Waals surface area (Å²) in [5.41, 5.74) is -0.702. The van der Waals surface area contributed by atoms with Crippen molar-refractivity contribution in [2.24, 2.45) is 0 Å². The van der Waals surface area contributed by atoms with E-state index in [1.807, 2.05) is 0 Å². The van der Waals surface area contributed by atoms with Crippen LogP contribution in [-0.4, -0.2) is 37.7 Å². The summed E-state index contributed by atoms with van der Waals surface area (Å²) in [5, 5.41) is 0. The Morgan fingerprint density at radius 3 is 2.50 bits per heavy atom. The first-order valence-electron chi connectivity index (χ1n) is 6.62. The van der Waals surface area contributed by atoms with E-state index in [9.17, 15) is 17.6 Å². The molecule has 0 amide bonds. The summed E-state index contributed by atoms with van der Waals surface area (Å²) in [7, 11) is 0. The first-order valence-corrected chi connectivity index (χ1v) is 6.62. The van der Waals surface area contributed by atoms with Crippen LogP contribution in [0.1, 0.15) is 17.5 Å². The van der Waals surface area contributed by atoms with Crippen molar-refractivity contribution in [3.63, 3.8) is 0 Å². The average Bonchev–Trinajstić information content (AvgIpc) is 2.40. The van der Waals surface area contributed by atoms with Gasteiger partial charge in [-0.15, -0.1) is 0 Å². The number of ether oxygens (including phenoxy) is 1. The summed E-state index contributed by atoms with van der Waals surface area (Å²) < 4.78 is 56.6. The molecule has 0 N–H and O–H groups in total. The van der Waals surface area contributed by atoms with Crippen molar-refractivity contribution in [2.75, 3.05) is 32.8 Å². The predicted octanol–water partition coefficient (Wildman–Crippen LogP) is 3.11. The second-order valence-corrected chi connectivity index (χ2v) is 4.86. The van der Waals surface area contributed by atoms with E-state index in [4.69, 9.17) is 4.74 Å². The van der Waals surface area contributed by atoms with Gasteiger partial charge in [-0.2, -0.15) is 13.2 Å². The van der Waals surface area contributed by atoms with Crippen LogP contribution in [0, 0.1) is 5.82 Å². The van der Waals surface area contributed by atoms with Crippen molar-refractivity contribution in [1.82, 2.24) is 4.90 Å². The Bertz CT molecular complexity index is 441. The molecule has 2 rings (SSSR count). The van der Waals surface area contributed by atoms with Crippen molar-refractivity contribution in [3.05, 3.63) is 35.1 Å². The molecular formula is C14H17F4NO. The van der Waals surface area contributed by atoms with E-state index in [0.29, 0.717) is 32.1 Å². The maximum Gasteiger partial charge on any atom is 0.416 e. The number of morpholine rings is 1. The van der Waals surface area contributed by atoms with Gasteiger partial charge in [-0.1, -0.05) is 6.07 Å². The van der Waals surface area contributed by atoms with Crippen LogP contribution < -0.4 is 0 Å². The normalized spacial score (nSPS) is 17.4. The van der Waals surface area contributed by atoms with Gasteiger partial charge in [0.05, 0.1) is 18.8 Å². The van der Waals surface area contributed by atoms with Gasteiger partial charge >= 0.3 is 6.18 Å². The molecule has 1 aliphatic heterocycles. The molecule has 20 heavy (non-hydrogen) atoms. The first-order chi connectivity index (χ1) is 9.47. The van der Waals surface area contributed by atoms with Crippen LogP contribution >= 0.6 is 0 Å². The van der Waals surface area contributed by atoms with E-state index in [0.717, 1.165) is 25.7 Å². The number of hydrogen-bond donors (Lipinski definition) is 0. The van der Waals surface area contributed by atoms with Gasteiger partial charge in [0.2, 0.25) is 0 Å². The molecule has 112 valence electrons. The largest absolute Gasteiger partial charge is 0.416 e. The van der Waals surface area contributed by atoms with Gasteiger partial charge in [-0.05, 0) is 37.1 Å². The van der Waals surface area contributed by atoms with E-state index in [1.54, 1.807) is 0 Å². The van der Waals surface area contributed by atoms with E-state index in [-0.39, 0.29) is 5.56 Å². The van der Waals surface area contributed by atoms with Gasteiger partial charge in [-0.25, -0.2) is 4.39 Å². The zero-order chi connectivity index (χ0) is 14.6. The highest BCUT2D eigenvalue weighted by molar-refractivity contribution is 5.30. The molecule has 0 radical (unpaired) electrons. The maximum atomic E-state index is 13.0. The molecule has 1 fully saturated rings. The number of halogens is 4. The summed E-state index contributed by atoms with van der Waals surface area (Å²) in [4.78, 5) is 2.17. The molecule has 1 aliphatic rings. The van der Waals surface area contributed by atoms with Crippen molar-refractivity contribution in [2.45, 2.75) is 19.0 Å². The third-order valence-electron chi connectivity index (χ3n) is 3.40. The number of rotatable bonds is 4. The molecule has 6 heteroatoms. The van der Waals surface area contributed by atoms with Crippen molar-refractivity contribution < 1.29 is 22.3 Å². The standard InChI is InChI=1S/C14H17F4NO/c15-12-4-3-11(13(10-12)14(16,17)18)2-1-5-19-6-8-20-9-7-19/h3-4,10H,1-2,5-9H2. The minimum absolute atomic E-state index is 0.159. The maximum absolute atomic E-state index is 13.0.